The van der Waals surface area contributed by atoms with Crippen molar-refractivity contribution in [2.24, 2.45) is 5.92 Å². The highest BCUT2D eigenvalue weighted by Crippen LogP contribution is 2.52. The van der Waals surface area contributed by atoms with Crippen molar-refractivity contribution in [2.75, 3.05) is 26.2 Å². The highest BCUT2D eigenvalue weighted by atomic mass is 17.2. The Bertz CT molecular complexity index is 744. The number of nitrogens with zero attached hydrogens (tertiary/aromatic N) is 1. The lowest BCUT2D eigenvalue weighted by molar-refractivity contribution is -0.359. The zero-order chi connectivity index (χ0) is 23.2. The predicted molar refractivity (Wildman–Crippen MR) is 135 cm³/mol. The van der Waals surface area contributed by atoms with Crippen molar-refractivity contribution in [3.63, 3.8) is 0 Å². The molecular formula is C29H45NO3. The smallest absolute Gasteiger partial charge is 0.119 e. The number of ether oxygens (including phenoxy) is 1. The van der Waals surface area contributed by atoms with E-state index >= 15 is 0 Å². The first-order chi connectivity index (χ1) is 16.1. The zero-order valence-corrected chi connectivity index (χ0v) is 21.0. The molecule has 1 aromatic rings. The Morgan fingerprint density at radius 2 is 1.94 bits per heavy atom. The van der Waals surface area contributed by atoms with Crippen LogP contribution in [0.3, 0.4) is 0 Å². The van der Waals surface area contributed by atoms with Crippen LogP contribution in [0, 0.1) is 5.92 Å². The monoisotopic (exact) mass is 455 g/mol. The minimum absolute atomic E-state index is 0.143. The molecule has 3 fully saturated rings. The van der Waals surface area contributed by atoms with Gasteiger partial charge < -0.3 is 9.64 Å². The summed E-state index contributed by atoms with van der Waals surface area (Å²) in [5.41, 5.74) is 1.05. The molecule has 4 rings (SSSR count). The van der Waals surface area contributed by atoms with Crippen LogP contribution in [0.2, 0.25) is 0 Å². The highest BCUT2D eigenvalue weighted by molar-refractivity contribution is 5.30. The van der Waals surface area contributed by atoms with Gasteiger partial charge in [-0.15, -0.1) is 6.58 Å². The summed E-state index contributed by atoms with van der Waals surface area (Å²) in [5.74, 6) is 1.98. The van der Waals surface area contributed by atoms with Crippen molar-refractivity contribution < 1.29 is 14.5 Å². The Hall–Kier alpha value is -1.36. The van der Waals surface area contributed by atoms with Crippen LogP contribution in [-0.2, 0) is 9.78 Å². The van der Waals surface area contributed by atoms with E-state index in [9.17, 15) is 0 Å². The third-order valence-electron chi connectivity index (χ3n) is 8.38. The minimum Gasteiger partial charge on any atom is -0.494 e. The molecule has 1 saturated carbocycles. The molecule has 33 heavy (non-hydrogen) atoms. The molecule has 1 aromatic carbocycles. The number of likely N-dealkylation sites (tertiary alicyclic amines) is 1. The Morgan fingerprint density at radius 3 is 2.67 bits per heavy atom. The van der Waals surface area contributed by atoms with Gasteiger partial charge in [-0.2, -0.15) is 0 Å². The van der Waals surface area contributed by atoms with Crippen LogP contribution < -0.4 is 4.74 Å². The van der Waals surface area contributed by atoms with Crippen molar-refractivity contribution in [1.82, 2.24) is 4.90 Å². The number of benzene rings is 1. The molecule has 4 heteroatoms. The molecule has 0 aromatic heterocycles. The molecule has 1 unspecified atom stereocenters. The average Bonchev–Trinajstić information content (AvgIpc) is 3.17. The van der Waals surface area contributed by atoms with Gasteiger partial charge in [-0.1, -0.05) is 38.0 Å². The van der Waals surface area contributed by atoms with Crippen molar-refractivity contribution in [2.45, 2.75) is 102 Å². The Balaban J connectivity index is 1.28. The minimum atomic E-state index is -0.212. The number of hydrogen-bond donors (Lipinski definition) is 0. The molecule has 184 valence electrons. The molecule has 1 aliphatic carbocycles. The maximum absolute atomic E-state index is 6.15. The first-order valence-corrected chi connectivity index (χ1v) is 13.5. The third kappa shape index (κ3) is 6.21. The van der Waals surface area contributed by atoms with Crippen molar-refractivity contribution in [1.29, 1.82) is 0 Å². The van der Waals surface area contributed by atoms with E-state index < -0.39 is 0 Å². The predicted octanol–water partition coefficient (Wildman–Crippen LogP) is 7.05. The van der Waals surface area contributed by atoms with E-state index in [-0.39, 0.29) is 11.2 Å². The van der Waals surface area contributed by atoms with Crippen LogP contribution in [0.4, 0.5) is 0 Å². The topological polar surface area (TPSA) is 30.9 Å². The van der Waals surface area contributed by atoms with E-state index in [1.165, 1.54) is 50.8 Å². The fourth-order valence-corrected chi connectivity index (χ4v) is 6.49. The molecule has 1 spiro atoms. The second-order valence-corrected chi connectivity index (χ2v) is 10.9. The van der Waals surface area contributed by atoms with Gasteiger partial charge in [0.05, 0.1) is 6.61 Å². The second-order valence-electron chi connectivity index (χ2n) is 10.9. The number of hydrogen-bond acceptors (Lipinski definition) is 4. The largest absolute Gasteiger partial charge is 0.494 e. The SMILES string of the molecule is C=CCC(CC)[C@]1(C)C[C@]2(CCC[C@@H](c3ccc(OCCCN4CCCCC4)cc3)C2)OO1. The Labute approximate surface area is 201 Å². The fraction of sp³-hybridized carbons (Fsp3) is 0.724. The fourth-order valence-electron chi connectivity index (χ4n) is 6.49. The number of rotatable bonds is 10. The van der Waals surface area contributed by atoms with Crippen molar-refractivity contribution in [3.8, 4) is 5.75 Å². The van der Waals surface area contributed by atoms with Gasteiger partial charge in [-0.25, -0.2) is 9.78 Å². The lowest BCUT2D eigenvalue weighted by atomic mass is 9.69. The first kappa shape index (κ1) is 24.8. The summed E-state index contributed by atoms with van der Waals surface area (Å²) in [4.78, 5) is 14.8. The molecule has 2 heterocycles. The standard InChI is InChI=1S/C29H45NO3/c1-4-11-26(5-2)28(3)23-29(33-32-28)17-9-12-25(22-29)24-13-15-27(16-14-24)31-21-10-20-30-18-7-6-8-19-30/h4,13-16,25-26H,1,5-12,17-23H2,2-3H3/t25-,26?,28+,29-/m1/s1. The summed E-state index contributed by atoms with van der Waals surface area (Å²) in [5, 5.41) is 0. The van der Waals surface area contributed by atoms with Crippen LogP contribution in [-0.4, -0.2) is 42.3 Å². The summed E-state index contributed by atoms with van der Waals surface area (Å²) in [6, 6.07) is 8.85. The second kappa shape index (κ2) is 11.4. The molecule has 0 amide bonds. The van der Waals surface area contributed by atoms with E-state index in [1.54, 1.807) is 0 Å². The number of piperidine rings is 1. The van der Waals surface area contributed by atoms with Crippen LogP contribution in [0.25, 0.3) is 0 Å². The summed E-state index contributed by atoms with van der Waals surface area (Å²) < 4.78 is 6.04. The van der Waals surface area contributed by atoms with Gasteiger partial charge in [0.15, 0.2) is 0 Å². The Kier molecular flexibility index (Phi) is 8.53. The van der Waals surface area contributed by atoms with E-state index in [0.717, 1.165) is 57.4 Å². The molecule has 0 N–H and O–H groups in total. The molecule has 4 nitrogen and oxygen atoms in total. The van der Waals surface area contributed by atoms with Crippen LogP contribution in [0.5, 0.6) is 5.75 Å². The number of allylic oxidation sites excluding steroid dienone is 1. The van der Waals surface area contributed by atoms with Gasteiger partial charge >= 0.3 is 0 Å². The summed E-state index contributed by atoms with van der Waals surface area (Å²) in [6.07, 6.45) is 14.9. The average molecular weight is 456 g/mol. The lowest BCUT2D eigenvalue weighted by Crippen LogP contribution is -2.39. The van der Waals surface area contributed by atoms with Gasteiger partial charge in [0.25, 0.3) is 0 Å². The first-order valence-electron chi connectivity index (χ1n) is 13.5. The van der Waals surface area contributed by atoms with Crippen molar-refractivity contribution >= 4 is 0 Å². The van der Waals surface area contributed by atoms with Gasteiger partial charge in [-0.3, -0.25) is 0 Å². The van der Waals surface area contributed by atoms with Crippen LogP contribution in [0.1, 0.15) is 96.0 Å². The summed E-state index contributed by atoms with van der Waals surface area (Å²) in [6.45, 7) is 12.9. The molecule has 0 radical (unpaired) electrons. The molecule has 0 bridgehead atoms. The van der Waals surface area contributed by atoms with Crippen LogP contribution in [0.15, 0.2) is 36.9 Å². The maximum atomic E-state index is 6.15. The molecule has 3 aliphatic rings. The van der Waals surface area contributed by atoms with E-state index in [2.05, 4.69) is 49.6 Å². The molecular weight excluding hydrogens is 410 g/mol. The molecule has 2 aliphatic heterocycles. The summed E-state index contributed by atoms with van der Waals surface area (Å²) in [7, 11) is 0. The van der Waals surface area contributed by atoms with E-state index in [1.807, 2.05) is 6.08 Å². The summed E-state index contributed by atoms with van der Waals surface area (Å²) >= 11 is 0. The molecule has 4 atom stereocenters. The zero-order valence-electron chi connectivity index (χ0n) is 21.0. The van der Waals surface area contributed by atoms with Crippen LogP contribution >= 0.6 is 0 Å². The highest BCUT2D eigenvalue weighted by Gasteiger charge is 2.53. The quantitative estimate of drug-likeness (QED) is 0.215. The van der Waals surface area contributed by atoms with E-state index in [0.29, 0.717) is 11.8 Å². The van der Waals surface area contributed by atoms with E-state index in [4.69, 9.17) is 14.5 Å². The van der Waals surface area contributed by atoms with Gasteiger partial charge in [0, 0.05) is 13.0 Å². The van der Waals surface area contributed by atoms with Gasteiger partial charge in [0.1, 0.15) is 17.0 Å². The Morgan fingerprint density at radius 1 is 1.15 bits per heavy atom. The third-order valence-corrected chi connectivity index (χ3v) is 8.38. The van der Waals surface area contributed by atoms with Gasteiger partial charge in [-0.05, 0) is 101 Å². The lowest BCUT2D eigenvalue weighted by Gasteiger charge is -2.37. The normalized spacial score (nSPS) is 31.5. The van der Waals surface area contributed by atoms with Gasteiger partial charge in [0.2, 0.25) is 0 Å². The maximum Gasteiger partial charge on any atom is 0.119 e. The molecule has 2 saturated heterocycles. The van der Waals surface area contributed by atoms with Crippen molar-refractivity contribution in [3.05, 3.63) is 42.5 Å².